The van der Waals surface area contributed by atoms with Gasteiger partial charge in [-0.25, -0.2) is 0 Å². The molecule has 1 atom stereocenters. The largest absolute Gasteiger partial charge is 0.313 e. The number of nitrogens with zero attached hydrogens (tertiary/aromatic N) is 1. The molecule has 0 heterocycles. The summed E-state index contributed by atoms with van der Waals surface area (Å²) in [7, 11) is 1.80. The first-order valence-corrected chi connectivity index (χ1v) is 4.09. The van der Waals surface area contributed by atoms with Crippen molar-refractivity contribution in [3.63, 3.8) is 0 Å². The fourth-order valence-corrected chi connectivity index (χ4v) is 1.03. The Kier molecular flexibility index (Phi) is 3.33. The molecule has 2 heteroatoms. The lowest BCUT2D eigenvalue weighted by Gasteiger charge is -2.04. The van der Waals surface area contributed by atoms with Crippen LogP contribution in [-0.4, -0.2) is 13.3 Å². The zero-order valence-corrected chi connectivity index (χ0v) is 7.49. The number of hydrogen-bond acceptors (Lipinski definition) is 2. The minimum atomic E-state index is 0.374. The second-order valence-corrected chi connectivity index (χ2v) is 2.70. The molecule has 0 aliphatic rings. The zero-order valence-electron chi connectivity index (χ0n) is 7.49. The van der Waals surface area contributed by atoms with Crippen molar-refractivity contribution in [2.45, 2.75) is 12.8 Å². The Balaban J connectivity index is 2.65. The molecule has 1 aromatic rings. The Labute approximate surface area is 73.3 Å². The summed E-state index contributed by atoms with van der Waals surface area (Å²) in [5.41, 5.74) is 4.03. The van der Waals surface area contributed by atoms with Crippen LogP contribution in [0.3, 0.4) is 0 Å². The Hall–Kier alpha value is -1.31. The first kappa shape index (κ1) is 8.78. The highest BCUT2D eigenvalue weighted by atomic mass is 15.3. The first-order chi connectivity index (χ1) is 5.84. The Morgan fingerprint density at radius 3 is 2.58 bits per heavy atom. The van der Waals surface area contributed by atoms with Crippen LogP contribution in [0.1, 0.15) is 18.4 Å². The Morgan fingerprint density at radius 1 is 1.33 bits per heavy atom. The van der Waals surface area contributed by atoms with Crippen LogP contribution < -0.4 is 5.43 Å². The Morgan fingerprint density at radius 2 is 2.00 bits per heavy atom. The van der Waals surface area contributed by atoms with Gasteiger partial charge < -0.3 is 5.43 Å². The minimum absolute atomic E-state index is 0.374. The van der Waals surface area contributed by atoms with Gasteiger partial charge in [0.25, 0.3) is 0 Å². The summed E-state index contributed by atoms with van der Waals surface area (Å²) in [5.74, 6) is 0.374. The van der Waals surface area contributed by atoms with E-state index in [-0.39, 0.29) is 0 Å². The molecular formula is C10H14N2. The number of nitrogens with one attached hydrogen (secondary N) is 1. The van der Waals surface area contributed by atoms with Crippen molar-refractivity contribution in [3.05, 3.63) is 35.9 Å². The van der Waals surface area contributed by atoms with E-state index in [1.165, 1.54) is 5.56 Å². The van der Waals surface area contributed by atoms with Gasteiger partial charge in [0, 0.05) is 19.2 Å². The molecule has 0 radical (unpaired) electrons. The molecule has 12 heavy (non-hydrogen) atoms. The van der Waals surface area contributed by atoms with E-state index in [1.54, 1.807) is 7.05 Å². The fraction of sp³-hybridized carbons (Fsp3) is 0.300. The molecule has 0 aliphatic carbocycles. The summed E-state index contributed by atoms with van der Waals surface area (Å²) in [6.07, 6.45) is 1.90. The van der Waals surface area contributed by atoms with Crippen molar-refractivity contribution in [3.8, 4) is 0 Å². The lowest BCUT2D eigenvalue weighted by atomic mass is 10.0. The van der Waals surface area contributed by atoms with Crippen molar-refractivity contribution >= 4 is 6.21 Å². The van der Waals surface area contributed by atoms with E-state index < -0.39 is 0 Å². The molecule has 0 fully saturated rings. The smallest absolute Gasteiger partial charge is 0.0314 e. The number of rotatable bonds is 3. The lowest BCUT2D eigenvalue weighted by molar-refractivity contribution is 0.887. The molecule has 1 N–H and O–H groups in total. The molecule has 0 saturated heterocycles. The summed E-state index contributed by atoms with van der Waals surface area (Å²) < 4.78 is 0. The molecule has 64 valence electrons. The predicted octanol–water partition coefficient (Wildman–Crippen LogP) is 2.00. The van der Waals surface area contributed by atoms with Gasteiger partial charge in [-0.05, 0) is 5.56 Å². The van der Waals surface area contributed by atoms with E-state index in [0.29, 0.717) is 5.92 Å². The molecule has 1 aromatic carbocycles. The third-order valence-electron chi connectivity index (χ3n) is 1.75. The fourth-order valence-electron chi connectivity index (χ4n) is 1.03. The van der Waals surface area contributed by atoms with Crippen molar-refractivity contribution in [2.24, 2.45) is 5.10 Å². The van der Waals surface area contributed by atoms with Crippen molar-refractivity contribution < 1.29 is 0 Å². The molecule has 0 bridgehead atoms. The van der Waals surface area contributed by atoms with E-state index in [2.05, 4.69) is 29.6 Å². The van der Waals surface area contributed by atoms with Crippen LogP contribution in [0, 0.1) is 0 Å². The summed E-state index contributed by atoms with van der Waals surface area (Å²) in [6, 6.07) is 10.3. The topological polar surface area (TPSA) is 24.4 Å². The quantitative estimate of drug-likeness (QED) is 0.533. The molecule has 0 amide bonds. The van der Waals surface area contributed by atoms with Gasteiger partial charge in [0.05, 0.1) is 0 Å². The third-order valence-corrected chi connectivity index (χ3v) is 1.75. The van der Waals surface area contributed by atoms with Gasteiger partial charge in [-0.1, -0.05) is 37.3 Å². The van der Waals surface area contributed by atoms with Gasteiger partial charge in [-0.15, -0.1) is 0 Å². The van der Waals surface area contributed by atoms with Crippen LogP contribution in [-0.2, 0) is 0 Å². The molecule has 0 saturated carbocycles. The van der Waals surface area contributed by atoms with E-state index in [0.717, 1.165) is 0 Å². The average molecular weight is 162 g/mol. The molecule has 0 aromatic heterocycles. The molecule has 2 nitrogen and oxygen atoms in total. The highest BCUT2D eigenvalue weighted by molar-refractivity contribution is 5.66. The van der Waals surface area contributed by atoms with E-state index in [9.17, 15) is 0 Å². The highest BCUT2D eigenvalue weighted by Gasteiger charge is 1.99. The molecule has 1 rings (SSSR count). The minimum Gasteiger partial charge on any atom is -0.313 e. The van der Waals surface area contributed by atoms with E-state index in [4.69, 9.17) is 0 Å². The van der Waals surface area contributed by atoms with Crippen LogP contribution in [0.25, 0.3) is 0 Å². The summed E-state index contributed by atoms with van der Waals surface area (Å²) >= 11 is 0. The van der Waals surface area contributed by atoms with Crippen LogP contribution in [0.2, 0.25) is 0 Å². The third kappa shape index (κ3) is 2.38. The molecule has 0 spiro atoms. The number of hydrazone groups is 1. The normalized spacial score (nSPS) is 13.2. The van der Waals surface area contributed by atoms with Crippen LogP contribution in [0.4, 0.5) is 0 Å². The first-order valence-electron chi connectivity index (χ1n) is 4.09. The molecule has 0 aliphatic heterocycles. The maximum atomic E-state index is 3.97. The summed E-state index contributed by atoms with van der Waals surface area (Å²) in [5, 5.41) is 3.97. The average Bonchev–Trinajstić information content (AvgIpc) is 2.15. The standard InChI is InChI=1S/C10H14N2/c1-9(8-12-11-2)10-6-4-3-5-7-10/h3-9,11H,1-2H3/b12-8+. The second kappa shape index (κ2) is 4.54. The van der Waals surface area contributed by atoms with Crippen LogP contribution in [0.15, 0.2) is 35.4 Å². The van der Waals surface area contributed by atoms with Gasteiger partial charge in [0.1, 0.15) is 0 Å². The van der Waals surface area contributed by atoms with Gasteiger partial charge in [-0.2, -0.15) is 5.10 Å². The van der Waals surface area contributed by atoms with E-state index >= 15 is 0 Å². The Bertz CT molecular complexity index is 241. The molecular weight excluding hydrogens is 148 g/mol. The number of benzene rings is 1. The maximum Gasteiger partial charge on any atom is 0.0314 e. The van der Waals surface area contributed by atoms with Gasteiger partial charge >= 0.3 is 0 Å². The predicted molar refractivity (Wildman–Crippen MR) is 52.4 cm³/mol. The molecule has 1 unspecified atom stereocenters. The van der Waals surface area contributed by atoms with Crippen molar-refractivity contribution in [2.75, 3.05) is 7.05 Å². The highest BCUT2D eigenvalue weighted by Crippen LogP contribution is 2.11. The second-order valence-electron chi connectivity index (χ2n) is 2.70. The van der Waals surface area contributed by atoms with E-state index in [1.807, 2.05) is 24.4 Å². The van der Waals surface area contributed by atoms with Gasteiger partial charge in [0.15, 0.2) is 0 Å². The lowest BCUT2D eigenvalue weighted by Crippen LogP contribution is -1.99. The summed E-state index contributed by atoms with van der Waals surface area (Å²) in [6.45, 7) is 2.12. The van der Waals surface area contributed by atoms with Crippen LogP contribution in [0.5, 0.6) is 0 Å². The SMILES string of the molecule is CN/N=C/C(C)c1ccccc1. The summed E-state index contributed by atoms with van der Waals surface area (Å²) in [4.78, 5) is 0. The number of hydrogen-bond donors (Lipinski definition) is 1. The van der Waals surface area contributed by atoms with Gasteiger partial charge in [-0.3, -0.25) is 0 Å². The zero-order chi connectivity index (χ0) is 8.81. The monoisotopic (exact) mass is 162 g/mol. The van der Waals surface area contributed by atoms with Crippen molar-refractivity contribution in [1.82, 2.24) is 5.43 Å². The van der Waals surface area contributed by atoms with Crippen LogP contribution >= 0.6 is 0 Å². The van der Waals surface area contributed by atoms with Crippen molar-refractivity contribution in [1.29, 1.82) is 0 Å². The maximum absolute atomic E-state index is 3.97. The van der Waals surface area contributed by atoms with Gasteiger partial charge in [0.2, 0.25) is 0 Å².